The summed E-state index contributed by atoms with van der Waals surface area (Å²) >= 11 is 0. The van der Waals surface area contributed by atoms with Crippen LogP contribution in [0.2, 0.25) is 0 Å². The Balaban J connectivity index is 2.12. The highest BCUT2D eigenvalue weighted by Gasteiger charge is 2.43. The van der Waals surface area contributed by atoms with Crippen molar-refractivity contribution in [3.8, 4) is 0 Å². The van der Waals surface area contributed by atoms with E-state index in [1.54, 1.807) is 0 Å². The number of hydrogen-bond donors (Lipinski definition) is 3. The second-order valence-electron chi connectivity index (χ2n) is 8.37. The summed E-state index contributed by atoms with van der Waals surface area (Å²) in [6, 6.07) is 0. The lowest BCUT2D eigenvalue weighted by atomic mass is 9.67. The van der Waals surface area contributed by atoms with Crippen LogP contribution in [0.3, 0.4) is 0 Å². The standard InChI is InChI=1S/C20H38O3/c1-16-9-4-3-7-13-20(23,15-16)18(12-8-14-21)19(22)17-10-5-2-6-11-17/h16-19,21-23H,2-15H2,1H3. The van der Waals surface area contributed by atoms with Gasteiger partial charge in [0.2, 0.25) is 0 Å². The third-order valence-corrected chi connectivity index (χ3v) is 6.42. The molecule has 0 heterocycles. The number of aliphatic hydroxyl groups excluding tert-OH is 2. The molecule has 136 valence electrons. The Morgan fingerprint density at radius 3 is 2.35 bits per heavy atom. The minimum atomic E-state index is -0.744. The van der Waals surface area contributed by atoms with Gasteiger partial charge in [-0.2, -0.15) is 0 Å². The van der Waals surface area contributed by atoms with E-state index in [1.807, 2.05) is 0 Å². The van der Waals surface area contributed by atoms with Crippen LogP contribution in [0.5, 0.6) is 0 Å². The van der Waals surface area contributed by atoms with E-state index in [-0.39, 0.29) is 12.5 Å². The summed E-state index contributed by atoms with van der Waals surface area (Å²) in [5.41, 5.74) is -0.744. The third-order valence-electron chi connectivity index (χ3n) is 6.42. The Labute approximate surface area is 142 Å². The summed E-state index contributed by atoms with van der Waals surface area (Å²) in [4.78, 5) is 0. The van der Waals surface area contributed by atoms with Gasteiger partial charge in [0.15, 0.2) is 0 Å². The fourth-order valence-electron chi connectivity index (χ4n) is 5.12. The highest BCUT2D eigenvalue weighted by Crippen LogP contribution is 2.42. The lowest BCUT2D eigenvalue weighted by molar-refractivity contribution is -0.116. The van der Waals surface area contributed by atoms with E-state index in [4.69, 9.17) is 0 Å². The highest BCUT2D eigenvalue weighted by atomic mass is 16.3. The SMILES string of the molecule is CC1CCCCCC(O)(C(CCCO)C(O)C2CCCCC2)C1. The number of rotatable bonds is 6. The molecule has 0 spiro atoms. The van der Waals surface area contributed by atoms with Crippen molar-refractivity contribution in [3.05, 3.63) is 0 Å². The maximum atomic E-state index is 11.5. The zero-order valence-electron chi connectivity index (χ0n) is 15.1. The molecule has 0 radical (unpaired) electrons. The van der Waals surface area contributed by atoms with Crippen LogP contribution in [0.4, 0.5) is 0 Å². The van der Waals surface area contributed by atoms with Crippen LogP contribution in [-0.4, -0.2) is 33.6 Å². The normalized spacial score (nSPS) is 33.7. The second-order valence-corrected chi connectivity index (χ2v) is 8.37. The van der Waals surface area contributed by atoms with Crippen LogP contribution in [-0.2, 0) is 0 Å². The highest BCUT2D eigenvalue weighted by molar-refractivity contribution is 4.95. The van der Waals surface area contributed by atoms with Crippen molar-refractivity contribution in [3.63, 3.8) is 0 Å². The summed E-state index contributed by atoms with van der Waals surface area (Å²) in [7, 11) is 0. The molecular weight excluding hydrogens is 288 g/mol. The lowest BCUT2D eigenvalue weighted by Crippen LogP contribution is -2.48. The summed E-state index contributed by atoms with van der Waals surface area (Å²) in [5, 5.41) is 31.9. The molecule has 0 amide bonds. The van der Waals surface area contributed by atoms with Crippen molar-refractivity contribution in [1.82, 2.24) is 0 Å². The first-order valence-electron chi connectivity index (χ1n) is 10.1. The van der Waals surface area contributed by atoms with Crippen LogP contribution in [0.25, 0.3) is 0 Å². The fraction of sp³-hybridized carbons (Fsp3) is 1.00. The molecule has 2 saturated carbocycles. The molecule has 0 aromatic heterocycles. The minimum absolute atomic E-state index is 0.0710. The second kappa shape index (κ2) is 9.39. The Bertz CT molecular complexity index is 327. The van der Waals surface area contributed by atoms with Crippen LogP contribution < -0.4 is 0 Å². The average Bonchev–Trinajstić information content (AvgIpc) is 2.53. The summed E-state index contributed by atoms with van der Waals surface area (Å²) < 4.78 is 0. The monoisotopic (exact) mass is 326 g/mol. The predicted molar refractivity (Wildman–Crippen MR) is 94.2 cm³/mol. The van der Waals surface area contributed by atoms with Gasteiger partial charge >= 0.3 is 0 Å². The van der Waals surface area contributed by atoms with E-state index in [1.165, 1.54) is 38.5 Å². The minimum Gasteiger partial charge on any atom is -0.396 e. The molecule has 0 aromatic carbocycles. The lowest BCUT2D eigenvalue weighted by Gasteiger charge is -2.44. The van der Waals surface area contributed by atoms with E-state index in [0.717, 1.165) is 38.5 Å². The van der Waals surface area contributed by atoms with Crippen LogP contribution in [0, 0.1) is 17.8 Å². The van der Waals surface area contributed by atoms with Gasteiger partial charge in [-0.3, -0.25) is 0 Å². The average molecular weight is 327 g/mol. The van der Waals surface area contributed by atoms with Crippen molar-refractivity contribution in [2.24, 2.45) is 17.8 Å². The van der Waals surface area contributed by atoms with Crippen LogP contribution >= 0.6 is 0 Å². The van der Waals surface area contributed by atoms with E-state index >= 15 is 0 Å². The van der Waals surface area contributed by atoms with E-state index in [2.05, 4.69) is 6.92 Å². The van der Waals surface area contributed by atoms with Gasteiger partial charge in [0.25, 0.3) is 0 Å². The topological polar surface area (TPSA) is 60.7 Å². The number of hydrogen-bond acceptors (Lipinski definition) is 3. The molecule has 4 unspecified atom stereocenters. The molecule has 0 aromatic rings. The predicted octanol–water partition coefficient (Wildman–Crippen LogP) is 4.04. The largest absolute Gasteiger partial charge is 0.396 e. The van der Waals surface area contributed by atoms with Crippen molar-refractivity contribution in [2.45, 2.75) is 102 Å². The van der Waals surface area contributed by atoms with E-state index < -0.39 is 11.7 Å². The quantitative estimate of drug-likeness (QED) is 0.690. The van der Waals surface area contributed by atoms with Gasteiger partial charge in [-0.25, -0.2) is 0 Å². The van der Waals surface area contributed by atoms with E-state index in [0.29, 0.717) is 18.3 Å². The first-order chi connectivity index (χ1) is 11.1. The van der Waals surface area contributed by atoms with Crippen molar-refractivity contribution in [1.29, 1.82) is 0 Å². The molecular formula is C20H38O3. The third kappa shape index (κ3) is 5.44. The van der Waals surface area contributed by atoms with Gasteiger partial charge in [0.1, 0.15) is 0 Å². The molecule has 2 aliphatic carbocycles. The first-order valence-corrected chi connectivity index (χ1v) is 10.1. The van der Waals surface area contributed by atoms with Gasteiger partial charge in [-0.15, -0.1) is 0 Å². The molecule has 23 heavy (non-hydrogen) atoms. The maximum absolute atomic E-state index is 11.5. The molecule has 3 N–H and O–H groups in total. The first kappa shape index (κ1) is 19.2. The Morgan fingerprint density at radius 2 is 1.65 bits per heavy atom. The van der Waals surface area contributed by atoms with Crippen LogP contribution in [0.1, 0.15) is 90.4 Å². The van der Waals surface area contributed by atoms with Crippen molar-refractivity contribution in [2.75, 3.05) is 6.61 Å². The smallest absolute Gasteiger partial charge is 0.0703 e. The molecule has 3 heteroatoms. The molecule has 4 atom stereocenters. The Kier molecular flexibility index (Phi) is 7.84. The van der Waals surface area contributed by atoms with Gasteiger partial charge in [-0.05, 0) is 50.4 Å². The zero-order chi connectivity index (χ0) is 16.7. The van der Waals surface area contributed by atoms with Gasteiger partial charge in [0, 0.05) is 12.5 Å². The maximum Gasteiger partial charge on any atom is 0.0703 e. The Morgan fingerprint density at radius 1 is 1.00 bits per heavy atom. The van der Waals surface area contributed by atoms with Crippen LogP contribution in [0.15, 0.2) is 0 Å². The van der Waals surface area contributed by atoms with Crippen molar-refractivity contribution < 1.29 is 15.3 Å². The molecule has 2 fully saturated rings. The number of aliphatic hydroxyl groups is 3. The van der Waals surface area contributed by atoms with E-state index in [9.17, 15) is 15.3 Å². The summed E-state index contributed by atoms with van der Waals surface area (Å²) in [6.07, 6.45) is 13.3. The molecule has 3 nitrogen and oxygen atoms in total. The molecule has 0 saturated heterocycles. The summed E-state index contributed by atoms with van der Waals surface area (Å²) in [5.74, 6) is 0.797. The van der Waals surface area contributed by atoms with Crippen molar-refractivity contribution >= 4 is 0 Å². The van der Waals surface area contributed by atoms with Gasteiger partial charge < -0.3 is 15.3 Å². The van der Waals surface area contributed by atoms with Gasteiger partial charge in [-0.1, -0.05) is 51.9 Å². The molecule has 2 rings (SSSR count). The zero-order valence-corrected chi connectivity index (χ0v) is 15.1. The Hall–Kier alpha value is -0.120. The fourth-order valence-corrected chi connectivity index (χ4v) is 5.12. The molecule has 0 aliphatic heterocycles. The molecule has 2 aliphatic rings. The summed E-state index contributed by atoms with van der Waals surface area (Å²) in [6.45, 7) is 2.39. The van der Waals surface area contributed by atoms with Gasteiger partial charge in [0.05, 0.1) is 11.7 Å². The molecule has 0 bridgehead atoms.